The molecule has 1 aliphatic heterocycles. The number of alkyl halides is 3. The highest BCUT2D eigenvalue weighted by atomic mass is 79.9. The van der Waals surface area contributed by atoms with Crippen LogP contribution in [-0.4, -0.2) is 24.2 Å². The molecular weight excluding hydrogens is 361 g/mol. The van der Waals surface area contributed by atoms with E-state index in [4.69, 9.17) is 11.6 Å². The summed E-state index contributed by atoms with van der Waals surface area (Å²) < 4.78 is 51.9. The standard InChI is InChI=1S/C13H13BrClF4N/c14-10-5-11(15)8(4-12(10)16)6-20-3-1-2-9(7-20)13(17,18)19/h4-5,9H,1-3,6-7H2. The van der Waals surface area contributed by atoms with Crippen LogP contribution in [0.5, 0.6) is 0 Å². The monoisotopic (exact) mass is 373 g/mol. The van der Waals surface area contributed by atoms with E-state index in [2.05, 4.69) is 15.9 Å². The highest BCUT2D eigenvalue weighted by Gasteiger charge is 2.41. The van der Waals surface area contributed by atoms with Crippen LogP contribution in [-0.2, 0) is 6.54 Å². The van der Waals surface area contributed by atoms with Gasteiger partial charge in [0.15, 0.2) is 0 Å². The van der Waals surface area contributed by atoms with Gasteiger partial charge in [0.2, 0.25) is 0 Å². The lowest BCUT2D eigenvalue weighted by Gasteiger charge is -2.33. The molecule has 1 unspecified atom stereocenters. The molecule has 20 heavy (non-hydrogen) atoms. The van der Waals surface area contributed by atoms with Crippen LogP contribution in [0.15, 0.2) is 16.6 Å². The fourth-order valence-electron chi connectivity index (χ4n) is 2.39. The maximum Gasteiger partial charge on any atom is 0.393 e. The van der Waals surface area contributed by atoms with Crippen molar-refractivity contribution in [1.29, 1.82) is 0 Å². The molecule has 7 heteroatoms. The Hall–Kier alpha value is -0.330. The van der Waals surface area contributed by atoms with Gasteiger partial charge < -0.3 is 0 Å². The third-order valence-corrected chi connectivity index (χ3v) is 4.41. The zero-order valence-electron chi connectivity index (χ0n) is 10.5. The van der Waals surface area contributed by atoms with Crippen LogP contribution in [0.25, 0.3) is 0 Å². The van der Waals surface area contributed by atoms with Gasteiger partial charge in [-0.15, -0.1) is 0 Å². The predicted octanol–water partition coefficient (Wildman–Crippen LogP) is 5.02. The third kappa shape index (κ3) is 3.86. The Morgan fingerprint density at radius 3 is 2.70 bits per heavy atom. The molecule has 0 N–H and O–H groups in total. The molecule has 1 fully saturated rings. The van der Waals surface area contributed by atoms with Crippen LogP contribution in [0.4, 0.5) is 17.6 Å². The van der Waals surface area contributed by atoms with E-state index in [1.165, 1.54) is 12.1 Å². The fraction of sp³-hybridized carbons (Fsp3) is 0.538. The van der Waals surface area contributed by atoms with Crippen molar-refractivity contribution in [2.75, 3.05) is 13.1 Å². The Labute approximate surface area is 128 Å². The quantitative estimate of drug-likeness (QED) is 0.519. The van der Waals surface area contributed by atoms with E-state index in [0.29, 0.717) is 23.6 Å². The topological polar surface area (TPSA) is 3.24 Å². The minimum Gasteiger partial charge on any atom is -0.298 e. The average molecular weight is 375 g/mol. The van der Waals surface area contributed by atoms with Crippen molar-refractivity contribution in [2.45, 2.75) is 25.6 Å². The molecule has 1 nitrogen and oxygen atoms in total. The van der Waals surface area contributed by atoms with Crippen molar-refractivity contribution >= 4 is 27.5 Å². The summed E-state index contributed by atoms with van der Waals surface area (Å²) >= 11 is 9.02. The minimum absolute atomic E-state index is 0.0580. The smallest absolute Gasteiger partial charge is 0.298 e. The molecule has 1 heterocycles. The summed E-state index contributed by atoms with van der Waals surface area (Å²) in [5.74, 6) is -1.77. The van der Waals surface area contributed by atoms with E-state index in [1.54, 1.807) is 4.90 Å². The molecule has 0 radical (unpaired) electrons. The first kappa shape index (κ1) is 16.0. The molecule has 0 saturated carbocycles. The second-order valence-corrected chi connectivity index (χ2v) is 6.24. The van der Waals surface area contributed by atoms with Crippen molar-refractivity contribution in [3.8, 4) is 0 Å². The highest BCUT2D eigenvalue weighted by molar-refractivity contribution is 9.10. The summed E-state index contributed by atoms with van der Waals surface area (Å²) in [4.78, 5) is 1.68. The summed E-state index contributed by atoms with van der Waals surface area (Å²) in [6.07, 6.45) is -3.53. The minimum atomic E-state index is -4.17. The Kier molecular flexibility index (Phi) is 4.97. The number of hydrogen-bond acceptors (Lipinski definition) is 1. The van der Waals surface area contributed by atoms with Crippen LogP contribution in [0.2, 0.25) is 5.02 Å². The van der Waals surface area contributed by atoms with E-state index in [1.807, 2.05) is 0 Å². The maximum absolute atomic E-state index is 13.5. The molecule has 0 amide bonds. The lowest BCUT2D eigenvalue weighted by Crippen LogP contribution is -2.41. The van der Waals surface area contributed by atoms with Gasteiger partial charge in [-0.1, -0.05) is 11.6 Å². The van der Waals surface area contributed by atoms with E-state index in [-0.39, 0.29) is 24.0 Å². The largest absolute Gasteiger partial charge is 0.393 e. The van der Waals surface area contributed by atoms with Crippen molar-refractivity contribution in [1.82, 2.24) is 4.90 Å². The Morgan fingerprint density at radius 1 is 1.35 bits per heavy atom. The lowest BCUT2D eigenvalue weighted by molar-refractivity contribution is -0.187. The number of benzene rings is 1. The van der Waals surface area contributed by atoms with Gasteiger partial charge in [-0.05, 0) is 53.0 Å². The molecule has 0 spiro atoms. The molecule has 2 rings (SSSR count). The molecule has 1 aliphatic rings. The van der Waals surface area contributed by atoms with Gasteiger partial charge in [0.25, 0.3) is 0 Å². The predicted molar refractivity (Wildman–Crippen MR) is 73.2 cm³/mol. The molecule has 0 aliphatic carbocycles. The first-order valence-corrected chi connectivity index (χ1v) is 7.37. The molecule has 1 aromatic carbocycles. The van der Waals surface area contributed by atoms with E-state index < -0.39 is 17.9 Å². The molecule has 1 atom stereocenters. The van der Waals surface area contributed by atoms with Crippen LogP contribution in [0, 0.1) is 11.7 Å². The van der Waals surface area contributed by atoms with Gasteiger partial charge in [0.1, 0.15) is 5.82 Å². The third-order valence-electron chi connectivity index (χ3n) is 3.45. The zero-order valence-corrected chi connectivity index (χ0v) is 12.8. The highest BCUT2D eigenvalue weighted by Crippen LogP contribution is 2.34. The normalized spacial score (nSPS) is 21.2. The number of nitrogens with zero attached hydrogens (tertiary/aromatic N) is 1. The van der Waals surface area contributed by atoms with Gasteiger partial charge in [-0.25, -0.2) is 4.39 Å². The van der Waals surface area contributed by atoms with Crippen molar-refractivity contribution in [2.24, 2.45) is 5.92 Å². The first-order chi connectivity index (χ1) is 9.27. The first-order valence-electron chi connectivity index (χ1n) is 6.20. The lowest BCUT2D eigenvalue weighted by atomic mass is 9.97. The molecular formula is C13H13BrClF4N. The van der Waals surface area contributed by atoms with Crippen molar-refractivity contribution < 1.29 is 17.6 Å². The van der Waals surface area contributed by atoms with Crippen LogP contribution in [0.1, 0.15) is 18.4 Å². The van der Waals surface area contributed by atoms with Gasteiger partial charge >= 0.3 is 6.18 Å². The maximum atomic E-state index is 13.5. The molecule has 0 aromatic heterocycles. The number of hydrogen-bond donors (Lipinski definition) is 0. The number of piperidine rings is 1. The number of likely N-dealkylation sites (tertiary alicyclic amines) is 1. The molecule has 112 valence electrons. The molecule has 0 bridgehead atoms. The summed E-state index contributed by atoms with van der Waals surface area (Å²) in [5.41, 5.74) is 0.509. The van der Waals surface area contributed by atoms with Crippen LogP contribution < -0.4 is 0 Å². The number of rotatable bonds is 2. The van der Waals surface area contributed by atoms with Gasteiger partial charge in [-0.3, -0.25) is 4.90 Å². The molecule has 1 aromatic rings. The van der Waals surface area contributed by atoms with Crippen molar-refractivity contribution in [3.05, 3.63) is 33.0 Å². The van der Waals surface area contributed by atoms with Gasteiger partial charge in [0.05, 0.1) is 10.4 Å². The zero-order chi connectivity index (χ0) is 14.9. The average Bonchev–Trinajstić information content (AvgIpc) is 2.35. The summed E-state index contributed by atoms with van der Waals surface area (Å²) in [6.45, 7) is 0.744. The summed E-state index contributed by atoms with van der Waals surface area (Å²) in [6, 6.07) is 2.70. The second-order valence-electron chi connectivity index (χ2n) is 4.97. The fourth-order valence-corrected chi connectivity index (χ4v) is 3.09. The molecule has 1 saturated heterocycles. The van der Waals surface area contributed by atoms with E-state index in [9.17, 15) is 17.6 Å². The van der Waals surface area contributed by atoms with Crippen LogP contribution >= 0.6 is 27.5 Å². The Bertz CT molecular complexity index is 492. The SMILES string of the molecule is Fc1cc(CN2CCCC(C(F)(F)F)C2)c(Cl)cc1Br. The van der Waals surface area contributed by atoms with Gasteiger partial charge in [-0.2, -0.15) is 13.2 Å². The second kappa shape index (κ2) is 6.20. The summed E-state index contributed by atoms with van der Waals surface area (Å²) in [5, 5.41) is 0.354. The van der Waals surface area contributed by atoms with Crippen molar-refractivity contribution in [3.63, 3.8) is 0 Å². The summed E-state index contributed by atoms with van der Waals surface area (Å²) in [7, 11) is 0. The Balaban J connectivity index is 2.08. The Morgan fingerprint density at radius 2 is 2.05 bits per heavy atom. The van der Waals surface area contributed by atoms with E-state index in [0.717, 1.165) is 0 Å². The van der Waals surface area contributed by atoms with E-state index >= 15 is 0 Å². The number of halogens is 6. The van der Waals surface area contributed by atoms with Crippen LogP contribution in [0.3, 0.4) is 0 Å². The van der Waals surface area contributed by atoms with Gasteiger partial charge in [0, 0.05) is 18.1 Å².